The zero-order valence-corrected chi connectivity index (χ0v) is 7.81. The quantitative estimate of drug-likeness (QED) is 0.529. The molecule has 0 aromatic heterocycles. The highest BCUT2D eigenvalue weighted by Gasteiger charge is 2.15. The summed E-state index contributed by atoms with van der Waals surface area (Å²) in [5, 5.41) is 0. The van der Waals surface area contributed by atoms with Gasteiger partial charge in [-0.05, 0) is 11.8 Å². The van der Waals surface area contributed by atoms with Crippen LogP contribution < -0.4 is 0 Å². The first-order valence-corrected chi connectivity index (χ1v) is 5.16. The predicted octanol–water partition coefficient (Wildman–Crippen LogP) is 3.82. The zero-order chi connectivity index (χ0) is 8.10. The third kappa shape index (κ3) is 2.84. The van der Waals surface area contributed by atoms with Gasteiger partial charge >= 0.3 is 0 Å². The summed E-state index contributed by atoms with van der Waals surface area (Å²) in [6, 6.07) is 0. The molecule has 0 aliphatic heterocycles. The first kappa shape index (κ1) is 9.09. The molecule has 0 bridgehead atoms. The molecule has 0 heteroatoms. The molecule has 1 radical (unpaired) electrons. The monoisotopic (exact) mass is 153 g/mol. The van der Waals surface area contributed by atoms with Gasteiger partial charge in [-0.1, -0.05) is 58.8 Å². The molecule has 11 heavy (non-hydrogen) atoms. The normalized spacial score (nSPS) is 33.3. The van der Waals surface area contributed by atoms with Gasteiger partial charge in [-0.25, -0.2) is 0 Å². The smallest absolute Gasteiger partial charge is 0.0414 e. The Morgan fingerprint density at radius 1 is 1.09 bits per heavy atom. The lowest BCUT2D eigenvalue weighted by molar-refractivity contribution is 0.423. The second kappa shape index (κ2) is 4.79. The third-order valence-corrected chi connectivity index (χ3v) is 3.19. The summed E-state index contributed by atoms with van der Waals surface area (Å²) in [6.07, 6.45) is 9.85. The molecule has 1 aliphatic carbocycles. The van der Waals surface area contributed by atoms with Crippen molar-refractivity contribution < 1.29 is 0 Å². The van der Waals surface area contributed by atoms with Gasteiger partial charge in [0.15, 0.2) is 0 Å². The van der Waals surface area contributed by atoms with Gasteiger partial charge in [-0.3, -0.25) is 0 Å². The van der Waals surface area contributed by atoms with Crippen LogP contribution in [0.3, 0.4) is 0 Å². The standard InChI is InChI=1S/C11H21/c1-3-10-6-5-7-11(4-2)9-8-10/h10-11H,1,3-9H2,2H3. The van der Waals surface area contributed by atoms with E-state index in [1.165, 1.54) is 38.5 Å². The first-order valence-electron chi connectivity index (χ1n) is 5.16. The molecular weight excluding hydrogens is 132 g/mol. The van der Waals surface area contributed by atoms with Crippen LogP contribution in [0.1, 0.15) is 51.9 Å². The van der Waals surface area contributed by atoms with Crippen LogP contribution in [0.4, 0.5) is 0 Å². The van der Waals surface area contributed by atoms with Crippen LogP contribution in [-0.2, 0) is 0 Å². The van der Waals surface area contributed by atoms with Gasteiger partial charge in [0.25, 0.3) is 0 Å². The van der Waals surface area contributed by atoms with Gasteiger partial charge in [0, 0.05) is 0 Å². The van der Waals surface area contributed by atoms with Gasteiger partial charge in [0.05, 0.1) is 0 Å². The SMILES string of the molecule is [CH2]CC1CCCC(CC)CC1. The summed E-state index contributed by atoms with van der Waals surface area (Å²) in [7, 11) is 0. The van der Waals surface area contributed by atoms with Gasteiger partial charge in [0.1, 0.15) is 0 Å². The second-order valence-electron chi connectivity index (χ2n) is 3.94. The van der Waals surface area contributed by atoms with E-state index in [-0.39, 0.29) is 0 Å². The van der Waals surface area contributed by atoms with E-state index >= 15 is 0 Å². The van der Waals surface area contributed by atoms with Crippen molar-refractivity contribution in [3.05, 3.63) is 6.92 Å². The number of hydrogen-bond acceptors (Lipinski definition) is 0. The molecule has 0 saturated heterocycles. The molecule has 0 heterocycles. The highest BCUT2D eigenvalue weighted by molar-refractivity contribution is 4.70. The fourth-order valence-corrected chi connectivity index (χ4v) is 2.15. The largest absolute Gasteiger partial charge is 0.0651 e. The lowest BCUT2D eigenvalue weighted by Crippen LogP contribution is -1.97. The molecule has 0 nitrogen and oxygen atoms in total. The number of hydrogen-bond donors (Lipinski definition) is 0. The van der Waals surface area contributed by atoms with Crippen LogP contribution in [-0.4, -0.2) is 0 Å². The van der Waals surface area contributed by atoms with Crippen LogP contribution in [0, 0.1) is 18.8 Å². The third-order valence-electron chi connectivity index (χ3n) is 3.19. The zero-order valence-electron chi connectivity index (χ0n) is 7.81. The Balaban J connectivity index is 2.27. The van der Waals surface area contributed by atoms with E-state index in [2.05, 4.69) is 13.8 Å². The average molecular weight is 153 g/mol. The summed E-state index contributed by atoms with van der Waals surface area (Å²) >= 11 is 0. The Kier molecular flexibility index (Phi) is 3.96. The molecule has 0 amide bonds. The molecule has 1 saturated carbocycles. The molecule has 65 valence electrons. The van der Waals surface area contributed by atoms with Crippen LogP contribution >= 0.6 is 0 Å². The molecule has 0 aromatic rings. The minimum absolute atomic E-state index is 0.951. The van der Waals surface area contributed by atoms with Gasteiger partial charge in [-0.15, -0.1) is 0 Å². The average Bonchev–Trinajstić information content (AvgIpc) is 2.28. The van der Waals surface area contributed by atoms with Crippen molar-refractivity contribution in [3.63, 3.8) is 0 Å². The minimum atomic E-state index is 0.951. The van der Waals surface area contributed by atoms with E-state index in [1.54, 1.807) is 0 Å². The summed E-state index contributed by atoms with van der Waals surface area (Å²) < 4.78 is 0. The summed E-state index contributed by atoms with van der Waals surface area (Å²) in [6.45, 7) is 6.33. The van der Waals surface area contributed by atoms with Crippen molar-refractivity contribution in [2.45, 2.75) is 51.9 Å². The highest BCUT2D eigenvalue weighted by atomic mass is 14.2. The molecule has 1 fully saturated rings. The Labute approximate surface area is 71.4 Å². The Morgan fingerprint density at radius 2 is 1.73 bits per heavy atom. The van der Waals surface area contributed by atoms with Crippen molar-refractivity contribution >= 4 is 0 Å². The van der Waals surface area contributed by atoms with E-state index in [0.29, 0.717) is 0 Å². The molecular formula is C11H21. The van der Waals surface area contributed by atoms with E-state index in [1.807, 2.05) is 0 Å². The van der Waals surface area contributed by atoms with E-state index in [9.17, 15) is 0 Å². The predicted molar refractivity (Wildman–Crippen MR) is 50.3 cm³/mol. The minimum Gasteiger partial charge on any atom is -0.0651 e. The first-order chi connectivity index (χ1) is 5.36. The second-order valence-corrected chi connectivity index (χ2v) is 3.94. The van der Waals surface area contributed by atoms with E-state index in [0.717, 1.165) is 18.3 Å². The fraction of sp³-hybridized carbons (Fsp3) is 0.909. The summed E-state index contributed by atoms with van der Waals surface area (Å²) in [5.41, 5.74) is 0. The van der Waals surface area contributed by atoms with E-state index in [4.69, 9.17) is 0 Å². The van der Waals surface area contributed by atoms with Crippen molar-refractivity contribution in [2.75, 3.05) is 0 Å². The van der Waals surface area contributed by atoms with Crippen LogP contribution in [0.5, 0.6) is 0 Å². The lowest BCUT2D eigenvalue weighted by Gasteiger charge is -2.11. The molecule has 1 aliphatic rings. The fourth-order valence-electron chi connectivity index (χ4n) is 2.15. The van der Waals surface area contributed by atoms with Crippen LogP contribution in [0.25, 0.3) is 0 Å². The maximum absolute atomic E-state index is 4.00. The molecule has 0 spiro atoms. The maximum atomic E-state index is 4.00. The lowest BCUT2D eigenvalue weighted by atomic mass is 9.95. The van der Waals surface area contributed by atoms with Crippen molar-refractivity contribution in [1.29, 1.82) is 0 Å². The Hall–Kier alpha value is 0. The van der Waals surface area contributed by atoms with Gasteiger partial charge in [-0.2, -0.15) is 0 Å². The molecule has 0 N–H and O–H groups in total. The van der Waals surface area contributed by atoms with Gasteiger partial charge < -0.3 is 0 Å². The molecule has 2 atom stereocenters. The van der Waals surface area contributed by atoms with Crippen LogP contribution in [0.15, 0.2) is 0 Å². The number of rotatable bonds is 2. The Bertz CT molecular complexity index is 84.2. The molecule has 1 rings (SSSR count). The van der Waals surface area contributed by atoms with Crippen LogP contribution in [0.2, 0.25) is 0 Å². The highest BCUT2D eigenvalue weighted by Crippen LogP contribution is 2.30. The summed E-state index contributed by atoms with van der Waals surface area (Å²) in [5.74, 6) is 1.98. The maximum Gasteiger partial charge on any atom is -0.0414 e. The molecule has 0 aromatic carbocycles. The van der Waals surface area contributed by atoms with Crippen molar-refractivity contribution in [2.24, 2.45) is 11.8 Å². The van der Waals surface area contributed by atoms with Crippen molar-refractivity contribution in [3.8, 4) is 0 Å². The van der Waals surface area contributed by atoms with Crippen molar-refractivity contribution in [1.82, 2.24) is 0 Å². The molecule has 2 unspecified atom stereocenters. The summed E-state index contributed by atoms with van der Waals surface area (Å²) in [4.78, 5) is 0. The topological polar surface area (TPSA) is 0 Å². The van der Waals surface area contributed by atoms with Gasteiger partial charge in [0.2, 0.25) is 0 Å². The van der Waals surface area contributed by atoms with E-state index < -0.39 is 0 Å². The Morgan fingerprint density at radius 3 is 2.36 bits per heavy atom.